The van der Waals surface area contributed by atoms with Crippen LogP contribution in [0.15, 0.2) is 0 Å². The fraction of sp³-hybridized carbons (Fsp3) is 0.909. The highest BCUT2D eigenvalue weighted by Gasteiger charge is 2.45. The van der Waals surface area contributed by atoms with Crippen LogP contribution >= 0.6 is 0 Å². The molecule has 2 aliphatic rings. The summed E-state index contributed by atoms with van der Waals surface area (Å²) in [5.41, 5.74) is 0.0938. The number of fused-ring (bicyclic) bond motifs is 1. The van der Waals surface area contributed by atoms with Crippen LogP contribution in [0.5, 0.6) is 0 Å². The Bertz CT molecular complexity index is 197. The van der Waals surface area contributed by atoms with Gasteiger partial charge in [0.25, 0.3) is 0 Å². The summed E-state index contributed by atoms with van der Waals surface area (Å²) in [7, 11) is 0. The smallest absolute Gasteiger partial charge is 0.139 e. The Hall–Kier alpha value is -0.330. The predicted octanol–water partition coefficient (Wildman–Crippen LogP) is 2.94. The van der Waals surface area contributed by atoms with Gasteiger partial charge in [-0.1, -0.05) is 26.2 Å². The van der Waals surface area contributed by atoms with Gasteiger partial charge in [-0.25, -0.2) is 0 Å². The summed E-state index contributed by atoms with van der Waals surface area (Å²) in [6.07, 6.45) is 8.49. The van der Waals surface area contributed by atoms with Gasteiger partial charge in [0, 0.05) is 11.8 Å². The molecule has 2 aliphatic carbocycles. The molecule has 0 aromatic carbocycles. The zero-order valence-corrected chi connectivity index (χ0v) is 7.94. The minimum Gasteiger partial charge on any atom is -0.299 e. The van der Waals surface area contributed by atoms with Crippen LogP contribution in [0.4, 0.5) is 0 Å². The second kappa shape index (κ2) is 2.86. The van der Waals surface area contributed by atoms with Gasteiger partial charge < -0.3 is 0 Å². The maximum atomic E-state index is 11.7. The monoisotopic (exact) mass is 166 g/mol. The molecule has 0 aromatic heterocycles. The molecule has 0 N–H and O–H groups in total. The van der Waals surface area contributed by atoms with Crippen molar-refractivity contribution in [3.05, 3.63) is 0 Å². The van der Waals surface area contributed by atoms with Crippen LogP contribution in [0.25, 0.3) is 0 Å². The van der Waals surface area contributed by atoms with Gasteiger partial charge in [0.2, 0.25) is 0 Å². The SMILES string of the molecule is C[C@@]12CCCCC[C@H]1CCC2=O. The molecule has 1 nitrogen and oxygen atoms in total. The van der Waals surface area contributed by atoms with Crippen molar-refractivity contribution in [3.63, 3.8) is 0 Å². The lowest BCUT2D eigenvalue weighted by Gasteiger charge is -2.27. The molecule has 12 heavy (non-hydrogen) atoms. The lowest BCUT2D eigenvalue weighted by atomic mass is 9.75. The van der Waals surface area contributed by atoms with Gasteiger partial charge in [-0.15, -0.1) is 0 Å². The number of ketones is 1. The van der Waals surface area contributed by atoms with Gasteiger partial charge in [-0.2, -0.15) is 0 Å². The number of hydrogen-bond acceptors (Lipinski definition) is 1. The molecule has 0 aliphatic heterocycles. The topological polar surface area (TPSA) is 17.1 Å². The summed E-state index contributed by atoms with van der Waals surface area (Å²) in [6, 6.07) is 0. The molecule has 0 saturated heterocycles. The van der Waals surface area contributed by atoms with Crippen LogP contribution in [0, 0.1) is 11.3 Å². The highest BCUT2D eigenvalue weighted by Crippen LogP contribution is 2.48. The summed E-state index contributed by atoms with van der Waals surface area (Å²) in [5, 5.41) is 0. The van der Waals surface area contributed by atoms with Gasteiger partial charge in [-0.05, 0) is 25.2 Å². The van der Waals surface area contributed by atoms with E-state index in [0.717, 1.165) is 18.8 Å². The normalized spacial score (nSPS) is 42.4. The van der Waals surface area contributed by atoms with Gasteiger partial charge in [0.05, 0.1) is 0 Å². The van der Waals surface area contributed by atoms with E-state index in [0.29, 0.717) is 5.78 Å². The molecular weight excluding hydrogens is 148 g/mol. The van der Waals surface area contributed by atoms with E-state index in [1.807, 2.05) is 0 Å². The van der Waals surface area contributed by atoms with Crippen LogP contribution in [-0.2, 0) is 4.79 Å². The van der Waals surface area contributed by atoms with E-state index in [1.165, 1.54) is 32.1 Å². The Morgan fingerprint density at radius 2 is 2.08 bits per heavy atom. The summed E-state index contributed by atoms with van der Waals surface area (Å²) in [4.78, 5) is 11.7. The Morgan fingerprint density at radius 1 is 1.25 bits per heavy atom. The van der Waals surface area contributed by atoms with E-state index < -0.39 is 0 Å². The Kier molecular flexibility index (Phi) is 1.97. The fourth-order valence-corrected chi connectivity index (χ4v) is 3.00. The molecule has 2 rings (SSSR count). The molecule has 2 fully saturated rings. The van der Waals surface area contributed by atoms with Crippen molar-refractivity contribution >= 4 is 5.78 Å². The summed E-state index contributed by atoms with van der Waals surface area (Å²) < 4.78 is 0. The molecule has 1 heteroatoms. The van der Waals surface area contributed by atoms with Crippen LogP contribution in [0.1, 0.15) is 51.9 Å². The quantitative estimate of drug-likeness (QED) is 0.540. The lowest BCUT2D eigenvalue weighted by molar-refractivity contribution is -0.126. The van der Waals surface area contributed by atoms with E-state index in [4.69, 9.17) is 0 Å². The average molecular weight is 166 g/mol. The molecule has 68 valence electrons. The molecule has 0 unspecified atom stereocenters. The third-order valence-electron chi connectivity index (χ3n) is 4.01. The maximum Gasteiger partial charge on any atom is 0.139 e. The zero-order chi connectivity index (χ0) is 8.60. The zero-order valence-electron chi connectivity index (χ0n) is 7.94. The summed E-state index contributed by atoms with van der Waals surface area (Å²) >= 11 is 0. The Balaban J connectivity index is 2.21. The number of carbonyl (C=O) groups excluding carboxylic acids is 1. The van der Waals surface area contributed by atoms with Gasteiger partial charge >= 0.3 is 0 Å². The standard InChI is InChI=1S/C11H18O/c1-11-8-4-2-3-5-9(11)6-7-10(11)12/h9H,2-8H2,1H3/t9-,11+/m0/s1. The van der Waals surface area contributed by atoms with Crippen LogP contribution in [-0.4, -0.2) is 5.78 Å². The molecule has 0 amide bonds. The minimum atomic E-state index is 0.0938. The van der Waals surface area contributed by atoms with Crippen LogP contribution in [0.3, 0.4) is 0 Å². The maximum absolute atomic E-state index is 11.7. The van der Waals surface area contributed by atoms with E-state index in [2.05, 4.69) is 6.92 Å². The van der Waals surface area contributed by atoms with Crippen molar-refractivity contribution in [1.82, 2.24) is 0 Å². The highest BCUT2D eigenvalue weighted by atomic mass is 16.1. The van der Waals surface area contributed by atoms with E-state index in [9.17, 15) is 4.79 Å². The van der Waals surface area contributed by atoms with Crippen molar-refractivity contribution in [2.24, 2.45) is 11.3 Å². The molecule has 0 spiro atoms. The third kappa shape index (κ3) is 1.10. The first-order valence-corrected chi connectivity index (χ1v) is 5.27. The largest absolute Gasteiger partial charge is 0.299 e. The van der Waals surface area contributed by atoms with E-state index in [1.54, 1.807) is 0 Å². The lowest BCUT2D eigenvalue weighted by Crippen LogP contribution is -2.27. The number of carbonyl (C=O) groups is 1. The third-order valence-corrected chi connectivity index (χ3v) is 4.01. The average Bonchev–Trinajstić information content (AvgIpc) is 2.24. The molecule has 2 atom stereocenters. The van der Waals surface area contributed by atoms with Gasteiger partial charge in [0.15, 0.2) is 0 Å². The number of hydrogen-bond donors (Lipinski definition) is 0. The molecule has 2 saturated carbocycles. The second-order valence-corrected chi connectivity index (χ2v) is 4.68. The van der Waals surface area contributed by atoms with Crippen LogP contribution < -0.4 is 0 Å². The predicted molar refractivity (Wildman–Crippen MR) is 48.9 cm³/mol. The van der Waals surface area contributed by atoms with E-state index >= 15 is 0 Å². The molecular formula is C11H18O. The minimum absolute atomic E-state index is 0.0938. The van der Waals surface area contributed by atoms with Crippen molar-refractivity contribution in [2.45, 2.75) is 51.9 Å². The fourth-order valence-electron chi connectivity index (χ4n) is 3.00. The second-order valence-electron chi connectivity index (χ2n) is 4.68. The molecule has 0 bridgehead atoms. The van der Waals surface area contributed by atoms with Crippen molar-refractivity contribution in [1.29, 1.82) is 0 Å². The molecule has 0 radical (unpaired) electrons. The Labute approximate surface area is 74.5 Å². The number of Topliss-reactive ketones (excluding diaryl/α,β-unsaturated/α-hetero) is 1. The molecule has 0 aromatic rings. The van der Waals surface area contributed by atoms with E-state index in [-0.39, 0.29) is 5.41 Å². The first kappa shape index (κ1) is 8.28. The van der Waals surface area contributed by atoms with Crippen molar-refractivity contribution in [3.8, 4) is 0 Å². The van der Waals surface area contributed by atoms with Crippen molar-refractivity contribution in [2.75, 3.05) is 0 Å². The molecule has 0 heterocycles. The van der Waals surface area contributed by atoms with Gasteiger partial charge in [-0.3, -0.25) is 4.79 Å². The highest BCUT2D eigenvalue weighted by molar-refractivity contribution is 5.86. The Morgan fingerprint density at radius 3 is 2.92 bits per heavy atom. The first-order chi connectivity index (χ1) is 5.73. The number of rotatable bonds is 0. The first-order valence-electron chi connectivity index (χ1n) is 5.27. The summed E-state index contributed by atoms with van der Waals surface area (Å²) in [6.45, 7) is 2.21. The van der Waals surface area contributed by atoms with Crippen LogP contribution in [0.2, 0.25) is 0 Å². The van der Waals surface area contributed by atoms with Gasteiger partial charge in [0.1, 0.15) is 5.78 Å². The summed E-state index contributed by atoms with van der Waals surface area (Å²) in [5.74, 6) is 1.28. The van der Waals surface area contributed by atoms with Crippen molar-refractivity contribution < 1.29 is 4.79 Å².